The Morgan fingerprint density at radius 2 is 1.84 bits per heavy atom. The Labute approximate surface area is 193 Å². The van der Waals surface area contributed by atoms with Crippen LogP contribution < -0.4 is 4.74 Å². The third-order valence-electron chi connectivity index (χ3n) is 5.06. The van der Waals surface area contributed by atoms with Crippen LogP contribution in [0.15, 0.2) is 53.4 Å². The first-order valence-electron chi connectivity index (χ1n) is 10.1. The van der Waals surface area contributed by atoms with Gasteiger partial charge in [-0.05, 0) is 48.5 Å². The number of ether oxygens (including phenoxy) is 1. The fourth-order valence-electron chi connectivity index (χ4n) is 3.54. The molecule has 1 atom stereocenters. The smallest absolute Gasteiger partial charge is 0.293 e. The molecule has 3 amide bonds. The van der Waals surface area contributed by atoms with Crippen LogP contribution in [0, 0.1) is 5.82 Å². The van der Waals surface area contributed by atoms with Crippen molar-refractivity contribution in [3.63, 3.8) is 0 Å². The average molecular weight is 473 g/mol. The number of hydrogen-bond donors (Lipinski definition) is 0. The molecule has 6 nitrogen and oxygen atoms in total. The van der Waals surface area contributed by atoms with Gasteiger partial charge in [-0.2, -0.15) is 0 Å². The van der Waals surface area contributed by atoms with Gasteiger partial charge in [0.1, 0.15) is 16.9 Å². The van der Waals surface area contributed by atoms with Crippen molar-refractivity contribution >= 4 is 46.7 Å². The predicted molar refractivity (Wildman–Crippen MR) is 124 cm³/mol. The van der Waals surface area contributed by atoms with E-state index in [9.17, 15) is 18.8 Å². The van der Waals surface area contributed by atoms with Crippen LogP contribution in [0.2, 0.25) is 0 Å². The van der Waals surface area contributed by atoms with Crippen LogP contribution in [0.1, 0.15) is 23.4 Å². The molecule has 2 heterocycles. The lowest BCUT2D eigenvalue weighted by Gasteiger charge is -2.27. The molecule has 2 aromatic carbocycles. The van der Waals surface area contributed by atoms with Crippen LogP contribution >= 0.6 is 23.5 Å². The van der Waals surface area contributed by atoms with Crippen LogP contribution in [-0.2, 0) is 9.59 Å². The van der Waals surface area contributed by atoms with E-state index in [4.69, 9.17) is 4.74 Å². The van der Waals surface area contributed by atoms with Gasteiger partial charge in [0.25, 0.3) is 11.1 Å². The molecule has 9 heteroatoms. The monoisotopic (exact) mass is 472 g/mol. The molecule has 2 fully saturated rings. The van der Waals surface area contributed by atoms with Gasteiger partial charge < -0.3 is 9.64 Å². The summed E-state index contributed by atoms with van der Waals surface area (Å²) in [5.41, 5.74) is 1.53. The number of hydrogen-bond acceptors (Lipinski definition) is 6. The Bertz CT molecular complexity index is 1070. The SMILES string of the molecule is CCOc1ccccc1C1SCC(=O)N1CCN1C(=O)SC(=Cc2ccc(F)cc2)C1=O. The number of carbonyl (C=O) groups excluding carboxylic acids is 3. The third-order valence-corrected chi connectivity index (χ3v) is 7.20. The Balaban J connectivity index is 1.47. The summed E-state index contributed by atoms with van der Waals surface area (Å²) in [6.45, 7) is 2.75. The highest BCUT2D eigenvalue weighted by atomic mass is 32.2. The lowest BCUT2D eigenvalue weighted by atomic mass is 10.1. The molecule has 0 radical (unpaired) electrons. The topological polar surface area (TPSA) is 66.9 Å². The van der Waals surface area contributed by atoms with Crippen molar-refractivity contribution in [1.29, 1.82) is 0 Å². The zero-order chi connectivity index (χ0) is 22.7. The summed E-state index contributed by atoms with van der Waals surface area (Å²) >= 11 is 2.35. The lowest BCUT2D eigenvalue weighted by molar-refractivity contribution is -0.129. The lowest BCUT2D eigenvalue weighted by Crippen LogP contribution is -2.39. The quantitative estimate of drug-likeness (QED) is 0.552. The number of benzene rings is 2. The molecule has 0 aliphatic carbocycles. The van der Waals surface area contributed by atoms with Crippen molar-refractivity contribution < 1.29 is 23.5 Å². The van der Waals surface area contributed by atoms with E-state index in [0.717, 1.165) is 28.0 Å². The van der Waals surface area contributed by atoms with Gasteiger partial charge >= 0.3 is 0 Å². The fraction of sp³-hybridized carbons (Fsp3) is 0.261. The minimum Gasteiger partial charge on any atom is -0.493 e. The molecule has 32 heavy (non-hydrogen) atoms. The number of halogens is 1. The van der Waals surface area contributed by atoms with E-state index < -0.39 is 5.91 Å². The Morgan fingerprint density at radius 3 is 2.59 bits per heavy atom. The number of rotatable bonds is 7. The van der Waals surface area contributed by atoms with E-state index in [1.54, 1.807) is 23.1 Å². The number of amides is 3. The minimum absolute atomic E-state index is 0.0415. The molecule has 0 bridgehead atoms. The van der Waals surface area contributed by atoms with E-state index in [2.05, 4.69) is 0 Å². The number of imide groups is 1. The summed E-state index contributed by atoms with van der Waals surface area (Å²) in [7, 11) is 0. The van der Waals surface area contributed by atoms with Gasteiger partial charge in [0.2, 0.25) is 5.91 Å². The molecule has 2 aliphatic rings. The van der Waals surface area contributed by atoms with Crippen LogP contribution in [0.25, 0.3) is 6.08 Å². The first-order chi connectivity index (χ1) is 15.5. The van der Waals surface area contributed by atoms with E-state index in [1.165, 1.54) is 23.9 Å². The van der Waals surface area contributed by atoms with E-state index in [0.29, 0.717) is 17.9 Å². The van der Waals surface area contributed by atoms with Gasteiger partial charge in [0.15, 0.2) is 0 Å². The highest BCUT2D eigenvalue weighted by Crippen LogP contribution is 2.42. The molecule has 166 valence electrons. The molecule has 0 saturated carbocycles. The van der Waals surface area contributed by atoms with Crippen LogP contribution in [-0.4, -0.2) is 52.3 Å². The first kappa shape index (κ1) is 22.4. The fourth-order valence-corrected chi connectivity index (χ4v) is 5.64. The number of carbonyl (C=O) groups is 3. The molecule has 4 rings (SSSR count). The molecule has 1 unspecified atom stereocenters. The summed E-state index contributed by atoms with van der Waals surface area (Å²) in [5.74, 6) is 0.233. The van der Waals surface area contributed by atoms with Crippen molar-refractivity contribution in [2.45, 2.75) is 12.3 Å². The number of nitrogens with zero attached hydrogens (tertiary/aromatic N) is 2. The molecule has 2 aromatic rings. The van der Waals surface area contributed by atoms with Gasteiger partial charge in [-0.1, -0.05) is 30.3 Å². The van der Waals surface area contributed by atoms with E-state index in [-0.39, 0.29) is 40.3 Å². The second kappa shape index (κ2) is 9.79. The van der Waals surface area contributed by atoms with E-state index in [1.807, 2.05) is 31.2 Å². The Hall–Kier alpha value is -2.78. The summed E-state index contributed by atoms with van der Waals surface area (Å²) in [6.07, 6.45) is 1.57. The van der Waals surface area contributed by atoms with Gasteiger partial charge in [-0.15, -0.1) is 11.8 Å². The summed E-state index contributed by atoms with van der Waals surface area (Å²) in [4.78, 5) is 40.9. The maximum absolute atomic E-state index is 13.1. The van der Waals surface area contributed by atoms with Crippen molar-refractivity contribution in [2.24, 2.45) is 0 Å². The van der Waals surface area contributed by atoms with Crippen molar-refractivity contribution in [3.05, 3.63) is 70.4 Å². The van der Waals surface area contributed by atoms with Crippen molar-refractivity contribution in [2.75, 3.05) is 25.4 Å². The average Bonchev–Trinajstić information content (AvgIpc) is 3.27. The summed E-state index contributed by atoms with van der Waals surface area (Å²) in [5, 5.41) is -0.617. The van der Waals surface area contributed by atoms with Gasteiger partial charge in [-0.25, -0.2) is 4.39 Å². The molecular formula is C23H21FN2O4S2. The van der Waals surface area contributed by atoms with Crippen LogP contribution in [0.3, 0.4) is 0 Å². The molecule has 2 saturated heterocycles. The molecule has 0 spiro atoms. The minimum atomic E-state index is -0.408. The van der Waals surface area contributed by atoms with E-state index >= 15 is 0 Å². The molecular weight excluding hydrogens is 451 g/mol. The summed E-state index contributed by atoms with van der Waals surface area (Å²) < 4.78 is 18.8. The maximum atomic E-state index is 13.1. The Morgan fingerprint density at radius 1 is 1.09 bits per heavy atom. The van der Waals surface area contributed by atoms with Gasteiger partial charge in [-0.3, -0.25) is 19.3 Å². The zero-order valence-corrected chi connectivity index (χ0v) is 19.0. The molecule has 0 N–H and O–H groups in total. The van der Waals surface area contributed by atoms with Crippen molar-refractivity contribution in [1.82, 2.24) is 9.80 Å². The third kappa shape index (κ3) is 4.68. The van der Waals surface area contributed by atoms with Crippen LogP contribution in [0.5, 0.6) is 5.75 Å². The van der Waals surface area contributed by atoms with Gasteiger partial charge in [0.05, 0.1) is 17.3 Å². The largest absolute Gasteiger partial charge is 0.493 e. The summed E-state index contributed by atoms with van der Waals surface area (Å²) in [6, 6.07) is 13.3. The number of thioether (sulfide) groups is 2. The maximum Gasteiger partial charge on any atom is 0.293 e. The second-order valence-electron chi connectivity index (χ2n) is 7.11. The highest BCUT2D eigenvalue weighted by Gasteiger charge is 2.38. The highest BCUT2D eigenvalue weighted by molar-refractivity contribution is 8.18. The zero-order valence-electron chi connectivity index (χ0n) is 17.3. The first-order valence-corrected chi connectivity index (χ1v) is 12.0. The molecule has 0 aromatic heterocycles. The normalized spacial score (nSPS) is 20.0. The second-order valence-corrected chi connectivity index (χ2v) is 9.17. The van der Waals surface area contributed by atoms with Gasteiger partial charge in [0, 0.05) is 18.7 Å². The standard InChI is InChI=1S/C23H21FN2O4S2/c1-2-30-18-6-4-3-5-17(18)22-25(20(27)14-31-22)11-12-26-21(28)19(32-23(26)29)13-15-7-9-16(24)10-8-15/h3-10,13,22H,2,11-12,14H2,1H3. The van der Waals surface area contributed by atoms with Crippen molar-refractivity contribution in [3.8, 4) is 5.75 Å². The molecule has 2 aliphatic heterocycles. The predicted octanol–water partition coefficient (Wildman–Crippen LogP) is 4.53. The number of para-hydroxylation sites is 1. The Kier molecular flexibility index (Phi) is 6.86. The van der Waals surface area contributed by atoms with Crippen LogP contribution in [0.4, 0.5) is 9.18 Å².